The van der Waals surface area contributed by atoms with Crippen LogP contribution >= 0.6 is 0 Å². The number of hydrogen-bond donors (Lipinski definition) is 2. The average molecular weight is 503 g/mol. The lowest BCUT2D eigenvalue weighted by atomic mass is 9.87. The van der Waals surface area contributed by atoms with Gasteiger partial charge in [-0.2, -0.15) is 0 Å². The van der Waals surface area contributed by atoms with Crippen LogP contribution in [0.2, 0.25) is 0 Å². The second kappa shape index (κ2) is 12.9. The lowest BCUT2D eigenvalue weighted by Crippen LogP contribution is -2.54. The molecule has 36 heavy (non-hydrogen) atoms. The fraction of sp³-hybridized carbons (Fsp3) is 0.333. The summed E-state index contributed by atoms with van der Waals surface area (Å²) in [5.74, 6) is -4.36. The number of nitrogens with one attached hydrogen (secondary N) is 2. The molecule has 0 fully saturated rings. The smallest absolute Gasteiger partial charge is 0.329 e. The summed E-state index contributed by atoms with van der Waals surface area (Å²) in [4.78, 5) is 60.2. The summed E-state index contributed by atoms with van der Waals surface area (Å²) in [6, 6.07) is 7.87. The Hall–Kier alpha value is -4.35. The zero-order chi connectivity index (χ0) is 26.8. The van der Waals surface area contributed by atoms with Gasteiger partial charge in [-0.25, -0.2) is 9.18 Å². The Balaban J connectivity index is 2.40. The summed E-state index contributed by atoms with van der Waals surface area (Å²) in [5.41, 5.74) is 0.664. The molecule has 12 heteroatoms. The Bertz CT molecular complexity index is 1110. The van der Waals surface area contributed by atoms with Crippen LogP contribution in [0.3, 0.4) is 0 Å². The number of nitrogens with zero attached hydrogens (tertiary/aromatic N) is 1. The summed E-state index contributed by atoms with van der Waals surface area (Å²) in [5, 5.41) is 16.0. The Morgan fingerprint density at radius 2 is 1.58 bits per heavy atom. The molecule has 0 bridgehead atoms. The van der Waals surface area contributed by atoms with Gasteiger partial charge in [0, 0.05) is 31.4 Å². The van der Waals surface area contributed by atoms with Gasteiger partial charge < -0.3 is 20.1 Å². The number of esters is 2. The van der Waals surface area contributed by atoms with E-state index >= 15 is 0 Å². The summed E-state index contributed by atoms with van der Waals surface area (Å²) < 4.78 is 22.8. The highest BCUT2D eigenvalue weighted by Crippen LogP contribution is 2.27. The maximum absolute atomic E-state index is 13.3. The van der Waals surface area contributed by atoms with E-state index in [1.54, 1.807) is 0 Å². The second-order valence-corrected chi connectivity index (χ2v) is 7.83. The highest BCUT2D eigenvalue weighted by molar-refractivity contribution is 5.91. The fourth-order valence-corrected chi connectivity index (χ4v) is 3.55. The maximum atomic E-state index is 13.3. The van der Waals surface area contributed by atoms with Crippen molar-refractivity contribution in [2.75, 3.05) is 14.2 Å². The van der Waals surface area contributed by atoms with Crippen LogP contribution in [0.4, 0.5) is 10.1 Å². The SMILES string of the molecule is COC(=O)C[C@H](c1ccc([N+](=O)[O-])cc1)[C@H](NC(=O)[C@H](Cc1ccc(F)cc1)NC(C)=O)C(=O)OC. The largest absolute Gasteiger partial charge is 0.469 e. The van der Waals surface area contributed by atoms with Crippen molar-refractivity contribution in [3.63, 3.8) is 0 Å². The van der Waals surface area contributed by atoms with Gasteiger partial charge in [-0.1, -0.05) is 24.3 Å². The molecule has 0 saturated heterocycles. The molecule has 0 unspecified atom stereocenters. The standard InChI is InChI=1S/C24H26FN3O8/c1-14(29)26-20(12-15-4-8-17(25)9-5-15)23(31)27-22(24(32)36-3)19(13-21(30)35-2)16-6-10-18(11-7-16)28(33)34/h4-11,19-20,22H,12-13H2,1-3H3,(H,26,29)(H,27,31)/t19-,20+,22+/m1/s1. The number of benzene rings is 2. The van der Waals surface area contributed by atoms with Gasteiger partial charge in [-0.3, -0.25) is 24.5 Å². The molecule has 192 valence electrons. The normalized spacial score (nSPS) is 13.0. The van der Waals surface area contributed by atoms with Crippen molar-refractivity contribution in [1.82, 2.24) is 10.6 Å². The summed E-state index contributed by atoms with van der Waals surface area (Å²) >= 11 is 0. The highest BCUT2D eigenvalue weighted by Gasteiger charge is 2.36. The maximum Gasteiger partial charge on any atom is 0.329 e. The third-order valence-electron chi connectivity index (χ3n) is 5.35. The number of amides is 2. The van der Waals surface area contributed by atoms with Crippen LogP contribution in [0.15, 0.2) is 48.5 Å². The van der Waals surface area contributed by atoms with E-state index in [9.17, 15) is 33.7 Å². The molecular weight excluding hydrogens is 477 g/mol. The lowest BCUT2D eigenvalue weighted by Gasteiger charge is -2.28. The van der Waals surface area contributed by atoms with Crippen molar-refractivity contribution < 1.29 is 38.0 Å². The number of halogens is 1. The minimum Gasteiger partial charge on any atom is -0.469 e. The van der Waals surface area contributed by atoms with E-state index in [0.29, 0.717) is 11.1 Å². The van der Waals surface area contributed by atoms with Gasteiger partial charge in [0.2, 0.25) is 11.8 Å². The topological polar surface area (TPSA) is 154 Å². The Morgan fingerprint density at radius 1 is 0.972 bits per heavy atom. The highest BCUT2D eigenvalue weighted by atomic mass is 19.1. The van der Waals surface area contributed by atoms with Gasteiger partial charge in [-0.15, -0.1) is 0 Å². The number of hydrogen-bond acceptors (Lipinski definition) is 8. The molecule has 2 amide bonds. The monoisotopic (exact) mass is 503 g/mol. The van der Waals surface area contributed by atoms with Crippen molar-refractivity contribution in [3.05, 3.63) is 75.6 Å². The zero-order valence-electron chi connectivity index (χ0n) is 19.9. The molecule has 2 aromatic rings. The lowest BCUT2D eigenvalue weighted by molar-refractivity contribution is -0.384. The first kappa shape index (κ1) is 27.9. The van der Waals surface area contributed by atoms with Gasteiger partial charge in [0.15, 0.2) is 0 Å². The average Bonchev–Trinajstić information content (AvgIpc) is 2.86. The van der Waals surface area contributed by atoms with Crippen molar-refractivity contribution >= 4 is 29.4 Å². The van der Waals surface area contributed by atoms with E-state index in [-0.39, 0.29) is 18.5 Å². The van der Waals surface area contributed by atoms with Crippen LogP contribution in [-0.4, -0.2) is 55.0 Å². The molecule has 3 atom stereocenters. The van der Waals surface area contributed by atoms with E-state index in [2.05, 4.69) is 10.6 Å². The minimum atomic E-state index is -1.41. The Morgan fingerprint density at radius 3 is 2.08 bits per heavy atom. The van der Waals surface area contributed by atoms with Crippen molar-refractivity contribution in [3.8, 4) is 0 Å². The third kappa shape index (κ3) is 7.86. The first-order chi connectivity index (χ1) is 17.0. The zero-order valence-corrected chi connectivity index (χ0v) is 19.9. The Labute approximate surface area is 206 Å². The molecule has 11 nitrogen and oxygen atoms in total. The molecule has 0 spiro atoms. The number of carbonyl (C=O) groups is 4. The number of nitro groups is 1. The molecule has 2 aromatic carbocycles. The summed E-state index contributed by atoms with van der Waals surface area (Å²) in [6.07, 6.45) is -0.379. The summed E-state index contributed by atoms with van der Waals surface area (Å²) in [6.45, 7) is 1.21. The van der Waals surface area contributed by atoms with E-state index in [4.69, 9.17) is 9.47 Å². The van der Waals surface area contributed by atoms with Crippen LogP contribution < -0.4 is 10.6 Å². The van der Waals surface area contributed by atoms with Crippen LogP contribution in [-0.2, 0) is 35.1 Å². The predicted octanol–water partition coefficient (Wildman–Crippen LogP) is 1.79. The molecule has 2 N–H and O–H groups in total. The number of nitro benzene ring substituents is 1. The van der Waals surface area contributed by atoms with Crippen LogP contribution in [0, 0.1) is 15.9 Å². The predicted molar refractivity (Wildman–Crippen MR) is 124 cm³/mol. The molecule has 0 saturated carbocycles. The van der Waals surface area contributed by atoms with Crippen LogP contribution in [0.5, 0.6) is 0 Å². The quantitative estimate of drug-likeness (QED) is 0.267. The van der Waals surface area contributed by atoms with E-state index in [1.165, 1.54) is 55.5 Å². The van der Waals surface area contributed by atoms with Crippen LogP contribution in [0.25, 0.3) is 0 Å². The molecule has 0 heterocycles. The molecule has 0 aliphatic carbocycles. The first-order valence-corrected chi connectivity index (χ1v) is 10.8. The molecular formula is C24H26FN3O8. The molecule has 0 aromatic heterocycles. The van der Waals surface area contributed by atoms with Gasteiger partial charge in [0.05, 0.1) is 25.6 Å². The minimum absolute atomic E-state index is 0.0151. The van der Waals surface area contributed by atoms with E-state index in [0.717, 1.165) is 14.2 Å². The first-order valence-electron chi connectivity index (χ1n) is 10.8. The van der Waals surface area contributed by atoms with Crippen LogP contribution in [0.1, 0.15) is 30.4 Å². The second-order valence-electron chi connectivity index (χ2n) is 7.83. The molecule has 0 aliphatic heterocycles. The van der Waals surface area contributed by atoms with Gasteiger partial charge in [0.1, 0.15) is 17.9 Å². The van der Waals surface area contributed by atoms with Crippen molar-refractivity contribution in [2.24, 2.45) is 0 Å². The number of methoxy groups -OCH3 is 2. The Kier molecular flexibility index (Phi) is 10.0. The summed E-state index contributed by atoms with van der Waals surface area (Å²) in [7, 11) is 2.24. The number of ether oxygens (including phenoxy) is 2. The van der Waals surface area contributed by atoms with E-state index in [1.807, 2.05) is 0 Å². The van der Waals surface area contributed by atoms with Gasteiger partial charge in [-0.05, 0) is 23.3 Å². The van der Waals surface area contributed by atoms with Crippen molar-refractivity contribution in [1.29, 1.82) is 0 Å². The fourth-order valence-electron chi connectivity index (χ4n) is 3.55. The molecule has 2 rings (SSSR count). The van der Waals surface area contributed by atoms with Gasteiger partial charge >= 0.3 is 11.9 Å². The number of carbonyl (C=O) groups excluding carboxylic acids is 4. The molecule has 0 radical (unpaired) electrons. The number of rotatable bonds is 11. The third-order valence-corrected chi connectivity index (χ3v) is 5.35. The van der Waals surface area contributed by atoms with Gasteiger partial charge in [0.25, 0.3) is 5.69 Å². The van der Waals surface area contributed by atoms with E-state index < -0.39 is 52.5 Å². The van der Waals surface area contributed by atoms with Crippen molar-refractivity contribution in [2.45, 2.75) is 37.8 Å². The number of non-ortho nitro benzene ring substituents is 1. The molecule has 0 aliphatic rings.